The summed E-state index contributed by atoms with van der Waals surface area (Å²) in [6.45, 7) is 0.0779. The SMILES string of the molecule is C#CCN1C(=O)C2C(C(=O)NC)C3C=CC2(O3)C1C(=O)NCc1ccc(F)cc1. The molecular formula is C21H20FN3O4. The zero-order valence-electron chi connectivity index (χ0n) is 15.7. The molecule has 7 nitrogen and oxygen atoms in total. The highest BCUT2D eigenvalue weighted by atomic mass is 19.1. The summed E-state index contributed by atoms with van der Waals surface area (Å²) in [4.78, 5) is 40.0. The lowest BCUT2D eigenvalue weighted by Gasteiger charge is -2.31. The van der Waals surface area contributed by atoms with Gasteiger partial charge in [-0.15, -0.1) is 6.42 Å². The number of carbonyl (C=O) groups excluding carboxylic acids is 3. The molecule has 150 valence electrons. The highest BCUT2D eigenvalue weighted by molar-refractivity contribution is 5.99. The maximum Gasteiger partial charge on any atom is 0.246 e. The van der Waals surface area contributed by atoms with Crippen LogP contribution in [-0.2, 0) is 25.7 Å². The average molecular weight is 397 g/mol. The van der Waals surface area contributed by atoms with Crippen molar-refractivity contribution in [3.63, 3.8) is 0 Å². The van der Waals surface area contributed by atoms with Gasteiger partial charge in [0.05, 0.1) is 24.5 Å². The number of hydrogen-bond acceptors (Lipinski definition) is 4. The van der Waals surface area contributed by atoms with Crippen LogP contribution in [0, 0.1) is 30.0 Å². The van der Waals surface area contributed by atoms with Gasteiger partial charge in [-0.05, 0) is 17.7 Å². The summed E-state index contributed by atoms with van der Waals surface area (Å²) in [6.07, 6.45) is 8.30. The van der Waals surface area contributed by atoms with Crippen molar-refractivity contribution in [3.05, 3.63) is 47.8 Å². The van der Waals surface area contributed by atoms with E-state index in [4.69, 9.17) is 11.2 Å². The number of rotatable bonds is 5. The lowest BCUT2D eigenvalue weighted by Crippen LogP contribution is -2.54. The molecule has 5 unspecified atom stereocenters. The molecule has 3 aliphatic heterocycles. The number of halogens is 1. The van der Waals surface area contributed by atoms with Crippen molar-refractivity contribution in [3.8, 4) is 12.3 Å². The molecule has 0 radical (unpaired) electrons. The largest absolute Gasteiger partial charge is 0.359 e. The van der Waals surface area contributed by atoms with Gasteiger partial charge < -0.3 is 20.3 Å². The molecule has 2 saturated heterocycles. The van der Waals surface area contributed by atoms with Crippen molar-refractivity contribution >= 4 is 17.7 Å². The van der Waals surface area contributed by atoms with Gasteiger partial charge in [0.15, 0.2) is 0 Å². The molecule has 3 aliphatic rings. The summed E-state index contributed by atoms with van der Waals surface area (Å²) in [5.74, 6) is -0.611. The van der Waals surface area contributed by atoms with E-state index in [1.165, 1.54) is 24.1 Å². The van der Waals surface area contributed by atoms with Crippen LogP contribution in [0.3, 0.4) is 0 Å². The van der Waals surface area contributed by atoms with E-state index in [1.54, 1.807) is 24.3 Å². The maximum absolute atomic E-state index is 13.1. The number of benzene rings is 1. The van der Waals surface area contributed by atoms with Crippen LogP contribution >= 0.6 is 0 Å². The molecule has 0 aromatic heterocycles. The van der Waals surface area contributed by atoms with Crippen LogP contribution < -0.4 is 10.6 Å². The fourth-order valence-electron chi connectivity index (χ4n) is 4.59. The number of fused-ring (bicyclic) bond motifs is 1. The Bertz CT molecular complexity index is 938. The van der Waals surface area contributed by atoms with Gasteiger partial charge in [0.2, 0.25) is 17.7 Å². The van der Waals surface area contributed by atoms with Gasteiger partial charge >= 0.3 is 0 Å². The van der Waals surface area contributed by atoms with Gasteiger partial charge in [0.25, 0.3) is 0 Å². The molecule has 8 heteroatoms. The van der Waals surface area contributed by atoms with E-state index in [1.807, 2.05) is 0 Å². The van der Waals surface area contributed by atoms with Gasteiger partial charge in [0, 0.05) is 13.6 Å². The number of hydrogen-bond donors (Lipinski definition) is 2. The summed E-state index contributed by atoms with van der Waals surface area (Å²) >= 11 is 0. The molecule has 5 atom stereocenters. The van der Waals surface area contributed by atoms with Crippen molar-refractivity contribution < 1.29 is 23.5 Å². The van der Waals surface area contributed by atoms with E-state index in [9.17, 15) is 18.8 Å². The van der Waals surface area contributed by atoms with Gasteiger partial charge in [-0.3, -0.25) is 14.4 Å². The van der Waals surface area contributed by atoms with Crippen LogP contribution in [-0.4, -0.2) is 54.0 Å². The van der Waals surface area contributed by atoms with Crippen molar-refractivity contribution in [1.29, 1.82) is 0 Å². The highest BCUT2D eigenvalue weighted by Gasteiger charge is 2.72. The molecule has 0 saturated carbocycles. The second kappa shape index (κ2) is 7.01. The monoisotopic (exact) mass is 397 g/mol. The first-order valence-corrected chi connectivity index (χ1v) is 9.28. The predicted molar refractivity (Wildman–Crippen MR) is 100 cm³/mol. The summed E-state index contributed by atoms with van der Waals surface area (Å²) < 4.78 is 19.1. The zero-order valence-corrected chi connectivity index (χ0v) is 15.7. The quantitative estimate of drug-likeness (QED) is 0.540. The third kappa shape index (κ3) is 2.81. The second-order valence-corrected chi connectivity index (χ2v) is 7.33. The van der Waals surface area contributed by atoms with Crippen LogP contribution in [0.5, 0.6) is 0 Å². The molecular weight excluding hydrogens is 377 g/mol. The standard InChI is InChI=1S/C21H20FN3O4/c1-3-10-25-17(19(27)24-11-12-4-6-13(22)7-5-12)21-9-8-14(29-21)15(18(26)23-2)16(21)20(25)28/h1,4-9,14-17H,10-11H2,2H3,(H,23,26)(H,24,27). The van der Waals surface area contributed by atoms with Crippen LogP contribution in [0.25, 0.3) is 0 Å². The Morgan fingerprint density at radius 3 is 2.69 bits per heavy atom. The minimum Gasteiger partial charge on any atom is -0.359 e. The number of ether oxygens (including phenoxy) is 1. The number of carbonyl (C=O) groups is 3. The summed E-state index contributed by atoms with van der Waals surface area (Å²) in [5, 5.41) is 5.35. The molecule has 2 N–H and O–H groups in total. The molecule has 1 aromatic rings. The third-order valence-corrected chi connectivity index (χ3v) is 5.81. The van der Waals surface area contributed by atoms with Crippen molar-refractivity contribution in [1.82, 2.24) is 15.5 Å². The minimum atomic E-state index is -1.23. The first-order valence-electron chi connectivity index (χ1n) is 9.28. The summed E-state index contributed by atoms with van der Waals surface area (Å²) in [5.41, 5.74) is -0.528. The van der Waals surface area contributed by atoms with E-state index in [-0.39, 0.29) is 30.7 Å². The fourth-order valence-corrected chi connectivity index (χ4v) is 4.59. The van der Waals surface area contributed by atoms with Gasteiger partial charge in [0.1, 0.15) is 17.5 Å². The topological polar surface area (TPSA) is 87.7 Å². The Labute approximate surface area is 167 Å². The molecule has 1 spiro atoms. The van der Waals surface area contributed by atoms with Gasteiger partial charge in [-0.2, -0.15) is 0 Å². The van der Waals surface area contributed by atoms with Crippen molar-refractivity contribution in [2.75, 3.05) is 13.6 Å². The van der Waals surface area contributed by atoms with E-state index in [0.717, 1.165) is 0 Å². The molecule has 2 bridgehead atoms. The Kier molecular flexibility index (Phi) is 4.63. The summed E-state index contributed by atoms with van der Waals surface area (Å²) in [6, 6.07) is 4.74. The fraction of sp³-hybridized carbons (Fsp3) is 0.381. The van der Waals surface area contributed by atoms with E-state index in [2.05, 4.69) is 16.6 Å². The maximum atomic E-state index is 13.1. The van der Waals surface area contributed by atoms with Crippen molar-refractivity contribution in [2.24, 2.45) is 11.8 Å². The molecule has 3 amide bonds. The average Bonchev–Trinajstić information content (AvgIpc) is 3.35. The molecule has 1 aromatic carbocycles. The smallest absolute Gasteiger partial charge is 0.246 e. The van der Waals surface area contributed by atoms with Gasteiger partial charge in [-0.25, -0.2) is 4.39 Å². The number of likely N-dealkylation sites (tertiary alicyclic amines) is 1. The molecule has 2 fully saturated rings. The number of nitrogens with one attached hydrogen (secondary N) is 2. The Hall–Kier alpha value is -3.18. The lowest BCUT2D eigenvalue weighted by molar-refractivity contribution is -0.141. The zero-order chi connectivity index (χ0) is 20.8. The Balaban J connectivity index is 1.62. The lowest BCUT2D eigenvalue weighted by atomic mass is 9.74. The minimum absolute atomic E-state index is 0.0753. The normalized spacial score (nSPS) is 31.5. The Morgan fingerprint density at radius 2 is 2.03 bits per heavy atom. The highest BCUT2D eigenvalue weighted by Crippen LogP contribution is 2.54. The van der Waals surface area contributed by atoms with Crippen molar-refractivity contribution in [2.45, 2.75) is 24.3 Å². The predicted octanol–water partition coefficient (Wildman–Crippen LogP) is -0.0283. The first kappa shape index (κ1) is 19.2. The Morgan fingerprint density at radius 1 is 1.31 bits per heavy atom. The molecule has 4 rings (SSSR count). The first-order chi connectivity index (χ1) is 13.9. The van der Waals surface area contributed by atoms with Crippen LogP contribution in [0.15, 0.2) is 36.4 Å². The van der Waals surface area contributed by atoms with E-state index >= 15 is 0 Å². The molecule has 3 heterocycles. The molecule has 0 aliphatic carbocycles. The molecule has 29 heavy (non-hydrogen) atoms. The van der Waals surface area contributed by atoms with Crippen LogP contribution in [0.1, 0.15) is 5.56 Å². The second-order valence-electron chi connectivity index (χ2n) is 7.33. The van der Waals surface area contributed by atoms with Crippen LogP contribution in [0.2, 0.25) is 0 Å². The summed E-state index contributed by atoms with van der Waals surface area (Å²) in [7, 11) is 1.50. The number of terminal acetylenes is 1. The van der Waals surface area contributed by atoms with Crippen LogP contribution in [0.4, 0.5) is 4.39 Å². The van der Waals surface area contributed by atoms with E-state index in [0.29, 0.717) is 5.56 Å². The van der Waals surface area contributed by atoms with Gasteiger partial charge in [-0.1, -0.05) is 30.2 Å². The van der Waals surface area contributed by atoms with E-state index < -0.39 is 35.5 Å². The number of amides is 3. The third-order valence-electron chi connectivity index (χ3n) is 5.81. The number of nitrogens with zero attached hydrogens (tertiary/aromatic N) is 1.